The maximum atomic E-state index is 6.23. The predicted molar refractivity (Wildman–Crippen MR) is 81.4 cm³/mol. The second kappa shape index (κ2) is 5.90. The predicted octanol–water partition coefficient (Wildman–Crippen LogP) is 3.71. The van der Waals surface area contributed by atoms with Crippen molar-refractivity contribution >= 4 is 0 Å². The summed E-state index contributed by atoms with van der Waals surface area (Å²) in [4.78, 5) is 2.54. The van der Waals surface area contributed by atoms with E-state index < -0.39 is 0 Å². The van der Waals surface area contributed by atoms with E-state index in [0.29, 0.717) is 5.41 Å². The Hall–Kier alpha value is -0.800. The molecule has 0 radical (unpaired) electrons. The molecule has 3 heteroatoms. The summed E-state index contributed by atoms with van der Waals surface area (Å²) in [5.41, 5.74) is 6.88. The molecule has 2 unspecified atom stereocenters. The highest BCUT2D eigenvalue weighted by Gasteiger charge is 2.38. The molecule has 3 nitrogen and oxygen atoms in total. The van der Waals surface area contributed by atoms with Gasteiger partial charge in [0, 0.05) is 6.04 Å². The number of rotatable bonds is 3. The lowest BCUT2D eigenvalue weighted by Gasteiger charge is -2.46. The number of hydrogen-bond donors (Lipinski definition) is 1. The van der Waals surface area contributed by atoms with Crippen molar-refractivity contribution < 1.29 is 4.42 Å². The first kappa shape index (κ1) is 14.2. The van der Waals surface area contributed by atoms with E-state index in [-0.39, 0.29) is 12.1 Å². The Balaban J connectivity index is 1.66. The lowest BCUT2D eigenvalue weighted by Crippen LogP contribution is -2.47. The lowest BCUT2D eigenvalue weighted by molar-refractivity contribution is 0.0334. The average molecular weight is 276 g/mol. The molecular formula is C17H28N2O. The first-order valence-corrected chi connectivity index (χ1v) is 8.23. The Morgan fingerprint density at radius 3 is 2.40 bits per heavy atom. The lowest BCUT2D eigenvalue weighted by atomic mass is 9.68. The maximum absolute atomic E-state index is 6.23. The molecule has 3 rings (SSSR count). The number of likely N-dealkylation sites (tertiary alicyclic amines) is 1. The van der Waals surface area contributed by atoms with Gasteiger partial charge < -0.3 is 10.2 Å². The Kier molecular flexibility index (Phi) is 4.18. The van der Waals surface area contributed by atoms with Crippen LogP contribution in [0.15, 0.2) is 22.8 Å². The van der Waals surface area contributed by atoms with Gasteiger partial charge in [0.05, 0.1) is 12.3 Å². The van der Waals surface area contributed by atoms with Crippen LogP contribution in [0.4, 0.5) is 0 Å². The number of hydrogen-bond acceptors (Lipinski definition) is 3. The zero-order chi connectivity index (χ0) is 14.0. The van der Waals surface area contributed by atoms with Gasteiger partial charge in [0.15, 0.2) is 0 Å². The van der Waals surface area contributed by atoms with Gasteiger partial charge >= 0.3 is 0 Å². The van der Waals surface area contributed by atoms with Gasteiger partial charge in [-0.3, -0.25) is 4.90 Å². The summed E-state index contributed by atoms with van der Waals surface area (Å²) in [5.74, 6) is 1.03. The van der Waals surface area contributed by atoms with Crippen LogP contribution in [0.5, 0.6) is 0 Å². The van der Waals surface area contributed by atoms with Crippen molar-refractivity contribution in [1.29, 1.82) is 0 Å². The van der Waals surface area contributed by atoms with Crippen LogP contribution in [0.3, 0.4) is 0 Å². The highest BCUT2D eigenvalue weighted by molar-refractivity contribution is 5.08. The SMILES string of the molecule is CC(N)C(c1ccco1)N1CCC2(CCCCC2)CC1. The van der Waals surface area contributed by atoms with Crippen LogP contribution in [-0.4, -0.2) is 24.0 Å². The summed E-state index contributed by atoms with van der Waals surface area (Å²) in [6.07, 6.45) is 11.7. The molecule has 1 aliphatic heterocycles. The molecule has 0 bridgehead atoms. The van der Waals surface area contributed by atoms with Crippen molar-refractivity contribution in [3.8, 4) is 0 Å². The van der Waals surface area contributed by atoms with Crippen LogP contribution in [0.25, 0.3) is 0 Å². The highest BCUT2D eigenvalue weighted by atomic mass is 16.3. The summed E-state index contributed by atoms with van der Waals surface area (Å²) < 4.78 is 5.63. The molecule has 1 aliphatic carbocycles. The highest BCUT2D eigenvalue weighted by Crippen LogP contribution is 2.45. The van der Waals surface area contributed by atoms with Crippen LogP contribution in [0.1, 0.15) is 63.7 Å². The normalized spacial score (nSPS) is 26.5. The van der Waals surface area contributed by atoms with Crippen LogP contribution in [0.2, 0.25) is 0 Å². The molecule has 1 aromatic rings. The molecule has 1 spiro atoms. The van der Waals surface area contributed by atoms with Crippen LogP contribution < -0.4 is 5.73 Å². The van der Waals surface area contributed by atoms with E-state index in [4.69, 9.17) is 10.2 Å². The molecule has 20 heavy (non-hydrogen) atoms. The monoisotopic (exact) mass is 276 g/mol. The summed E-state index contributed by atoms with van der Waals surface area (Å²) in [6.45, 7) is 4.44. The Morgan fingerprint density at radius 1 is 1.15 bits per heavy atom. The third-order valence-corrected chi connectivity index (χ3v) is 5.50. The van der Waals surface area contributed by atoms with Crippen molar-refractivity contribution in [2.75, 3.05) is 13.1 Å². The minimum atomic E-state index is 0.113. The minimum absolute atomic E-state index is 0.113. The summed E-state index contributed by atoms with van der Waals surface area (Å²) in [5, 5.41) is 0. The third kappa shape index (κ3) is 2.79. The summed E-state index contributed by atoms with van der Waals surface area (Å²) >= 11 is 0. The van der Waals surface area contributed by atoms with Crippen LogP contribution in [0, 0.1) is 5.41 Å². The van der Waals surface area contributed by atoms with E-state index in [1.54, 1.807) is 6.26 Å². The van der Waals surface area contributed by atoms with Gasteiger partial charge in [0.25, 0.3) is 0 Å². The second-order valence-electron chi connectivity index (χ2n) is 6.92. The summed E-state index contributed by atoms with van der Waals surface area (Å²) in [7, 11) is 0. The quantitative estimate of drug-likeness (QED) is 0.915. The van der Waals surface area contributed by atoms with E-state index >= 15 is 0 Å². The Morgan fingerprint density at radius 2 is 1.85 bits per heavy atom. The van der Waals surface area contributed by atoms with E-state index in [2.05, 4.69) is 17.9 Å². The molecule has 1 saturated carbocycles. The van der Waals surface area contributed by atoms with E-state index in [1.807, 2.05) is 6.07 Å². The number of furan rings is 1. The molecule has 1 aromatic heterocycles. The fourth-order valence-corrected chi connectivity index (χ4v) is 4.31. The van der Waals surface area contributed by atoms with Gasteiger partial charge in [-0.1, -0.05) is 19.3 Å². The fourth-order valence-electron chi connectivity index (χ4n) is 4.31. The van der Waals surface area contributed by atoms with E-state index in [1.165, 1.54) is 58.0 Å². The first-order valence-electron chi connectivity index (χ1n) is 8.23. The van der Waals surface area contributed by atoms with Gasteiger partial charge in [-0.05, 0) is 63.2 Å². The van der Waals surface area contributed by atoms with Crippen molar-refractivity contribution in [1.82, 2.24) is 4.90 Å². The number of nitrogens with zero attached hydrogens (tertiary/aromatic N) is 1. The molecule has 2 heterocycles. The van der Waals surface area contributed by atoms with Crippen LogP contribution >= 0.6 is 0 Å². The van der Waals surface area contributed by atoms with Gasteiger partial charge in [-0.2, -0.15) is 0 Å². The Bertz CT molecular complexity index is 397. The smallest absolute Gasteiger partial charge is 0.122 e. The third-order valence-electron chi connectivity index (χ3n) is 5.50. The van der Waals surface area contributed by atoms with Gasteiger partial charge in [-0.15, -0.1) is 0 Å². The molecular weight excluding hydrogens is 248 g/mol. The molecule has 2 fully saturated rings. The molecule has 0 amide bonds. The molecule has 112 valence electrons. The molecule has 2 N–H and O–H groups in total. The van der Waals surface area contributed by atoms with Crippen molar-refractivity contribution in [3.05, 3.63) is 24.2 Å². The van der Waals surface area contributed by atoms with Gasteiger partial charge in [0.2, 0.25) is 0 Å². The van der Waals surface area contributed by atoms with Crippen molar-refractivity contribution in [3.63, 3.8) is 0 Å². The van der Waals surface area contributed by atoms with Crippen molar-refractivity contribution in [2.45, 2.75) is 64.0 Å². The van der Waals surface area contributed by atoms with E-state index in [0.717, 1.165) is 5.76 Å². The topological polar surface area (TPSA) is 42.4 Å². The molecule has 2 atom stereocenters. The standard InChI is InChI=1S/C17H28N2O/c1-14(18)16(15-6-5-13-20-15)19-11-9-17(10-12-19)7-3-2-4-8-17/h5-6,13-14,16H,2-4,7-12,18H2,1H3. The zero-order valence-corrected chi connectivity index (χ0v) is 12.7. The minimum Gasteiger partial charge on any atom is -0.468 e. The van der Waals surface area contributed by atoms with Gasteiger partial charge in [-0.25, -0.2) is 0 Å². The number of piperidine rings is 1. The maximum Gasteiger partial charge on any atom is 0.122 e. The Labute approximate surface area is 122 Å². The largest absolute Gasteiger partial charge is 0.468 e. The summed E-state index contributed by atoms with van der Waals surface area (Å²) in [6, 6.07) is 4.39. The fraction of sp³-hybridized carbons (Fsp3) is 0.765. The first-order chi connectivity index (χ1) is 9.70. The number of nitrogens with two attached hydrogens (primary N) is 1. The van der Waals surface area contributed by atoms with E-state index in [9.17, 15) is 0 Å². The molecule has 1 saturated heterocycles. The zero-order valence-electron chi connectivity index (χ0n) is 12.7. The average Bonchev–Trinajstić information content (AvgIpc) is 2.96. The van der Waals surface area contributed by atoms with Crippen molar-refractivity contribution in [2.24, 2.45) is 11.1 Å². The molecule has 2 aliphatic rings. The molecule has 0 aromatic carbocycles. The second-order valence-corrected chi connectivity index (χ2v) is 6.92. The van der Waals surface area contributed by atoms with Gasteiger partial charge in [0.1, 0.15) is 5.76 Å². The van der Waals surface area contributed by atoms with Crippen LogP contribution in [-0.2, 0) is 0 Å².